The normalized spacial score (nSPS) is 15.6. The Morgan fingerprint density at radius 3 is 2.36 bits per heavy atom. The summed E-state index contributed by atoms with van der Waals surface area (Å²) in [4.78, 5) is 0. The molecule has 78 valence electrons. The van der Waals surface area contributed by atoms with E-state index >= 15 is 0 Å². The van der Waals surface area contributed by atoms with Gasteiger partial charge in [-0.1, -0.05) is 49.2 Å². The van der Waals surface area contributed by atoms with Gasteiger partial charge in [-0.15, -0.1) is 0 Å². The van der Waals surface area contributed by atoms with Crippen molar-refractivity contribution in [1.82, 2.24) is 0 Å². The molecule has 0 spiro atoms. The fraction of sp³-hybridized carbons (Fsp3) is 0.455. The van der Waals surface area contributed by atoms with Gasteiger partial charge in [-0.2, -0.15) is 0 Å². The molecule has 0 fully saturated rings. The first kappa shape index (κ1) is 11.8. The van der Waals surface area contributed by atoms with Crippen molar-refractivity contribution in [2.24, 2.45) is 5.92 Å². The molecule has 1 nitrogen and oxygen atoms in total. The molecule has 1 N–H and O–H groups in total. The van der Waals surface area contributed by atoms with E-state index in [0.717, 1.165) is 0 Å². The Morgan fingerprint density at radius 2 is 1.86 bits per heavy atom. The lowest BCUT2D eigenvalue weighted by Gasteiger charge is -2.29. The largest absolute Gasteiger partial charge is 0.385 e. The van der Waals surface area contributed by atoms with E-state index in [-0.39, 0.29) is 5.92 Å². The number of halogens is 2. The highest BCUT2D eigenvalue weighted by Crippen LogP contribution is 2.37. The number of hydrogen-bond donors (Lipinski definition) is 1. The fourth-order valence-corrected chi connectivity index (χ4v) is 1.70. The van der Waals surface area contributed by atoms with Crippen LogP contribution in [-0.2, 0) is 5.60 Å². The molecular weight excluding hydrogens is 219 g/mol. The topological polar surface area (TPSA) is 20.2 Å². The van der Waals surface area contributed by atoms with Crippen LogP contribution in [0.3, 0.4) is 0 Å². The molecule has 1 unspecified atom stereocenters. The van der Waals surface area contributed by atoms with E-state index in [1.54, 1.807) is 25.1 Å². The second kappa shape index (κ2) is 4.09. The summed E-state index contributed by atoms with van der Waals surface area (Å²) >= 11 is 11.9. The molecule has 0 aliphatic rings. The summed E-state index contributed by atoms with van der Waals surface area (Å²) in [6, 6.07) is 5.30. The molecule has 14 heavy (non-hydrogen) atoms. The molecular formula is C11H14Cl2O. The maximum atomic E-state index is 10.2. The predicted octanol–water partition coefficient (Wildman–Crippen LogP) is 3.86. The zero-order chi connectivity index (χ0) is 10.9. The van der Waals surface area contributed by atoms with Crippen LogP contribution < -0.4 is 0 Å². The standard InChI is InChI=1S/C11H14Cl2O/c1-7(2)11(3,14)8-5-4-6-9(12)10(8)13/h4-7,14H,1-3H3. The van der Waals surface area contributed by atoms with Gasteiger partial charge in [0.05, 0.1) is 15.6 Å². The van der Waals surface area contributed by atoms with E-state index in [4.69, 9.17) is 23.2 Å². The quantitative estimate of drug-likeness (QED) is 0.822. The van der Waals surface area contributed by atoms with E-state index in [1.807, 2.05) is 13.8 Å². The number of benzene rings is 1. The van der Waals surface area contributed by atoms with Crippen LogP contribution in [0.5, 0.6) is 0 Å². The van der Waals surface area contributed by atoms with E-state index in [0.29, 0.717) is 15.6 Å². The van der Waals surface area contributed by atoms with Gasteiger partial charge in [0.15, 0.2) is 0 Å². The Kier molecular flexibility index (Phi) is 3.46. The Balaban J connectivity index is 3.26. The highest BCUT2D eigenvalue weighted by atomic mass is 35.5. The van der Waals surface area contributed by atoms with Crippen molar-refractivity contribution < 1.29 is 5.11 Å². The molecule has 1 atom stereocenters. The van der Waals surface area contributed by atoms with Crippen LogP contribution >= 0.6 is 23.2 Å². The van der Waals surface area contributed by atoms with E-state index in [1.165, 1.54) is 0 Å². The lowest BCUT2D eigenvalue weighted by molar-refractivity contribution is 0.00916. The zero-order valence-corrected chi connectivity index (χ0v) is 10.0. The van der Waals surface area contributed by atoms with Crippen molar-refractivity contribution >= 4 is 23.2 Å². The first-order valence-corrected chi connectivity index (χ1v) is 5.29. The molecule has 0 amide bonds. The summed E-state index contributed by atoms with van der Waals surface area (Å²) in [7, 11) is 0. The average molecular weight is 233 g/mol. The van der Waals surface area contributed by atoms with Crippen molar-refractivity contribution in [3.05, 3.63) is 33.8 Å². The van der Waals surface area contributed by atoms with Crippen LogP contribution in [0.4, 0.5) is 0 Å². The average Bonchev–Trinajstić information content (AvgIpc) is 2.09. The molecule has 1 rings (SSSR count). The smallest absolute Gasteiger partial charge is 0.0906 e. The SMILES string of the molecule is CC(C)C(C)(O)c1cccc(Cl)c1Cl. The zero-order valence-electron chi connectivity index (χ0n) is 8.51. The van der Waals surface area contributed by atoms with Crippen LogP contribution in [0.1, 0.15) is 26.3 Å². The van der Waals surface area contributed by atoms with Crippen molar-refractivity contribution in [2.75, 3.05) is 0 Å². The monoisotopic (exact) mass is 232 g/mol. The van der Waals surface area contributed by atoms with E-state index < -0.39 is 5.60 Å². The molecule has 0 radical (unpaired) electrons. The summed E-state index contributed by atoms with van der Waals surface area (Å²) in [5.74, 6) is 0.0819. The highest BCUT2D eigenvalue weighted by molar-refractivity contribution is 6.42. The van der Waals surface area contributed by atoms with Gasteiger partial charge in [0.2, 0.25) is 0 Å². The van der Waals surface area contributed by atoms with E-state index in [2.05, 4.69) is 0 Å². The van der Waals surface area contributed by atoms with E-state index in [9.17, 15) is 5.11 Å². The van der Waals surface area contributed by atoms with Gasteiger partial charge in [0, 0.05) is 5.56 Å². The first-order chi connectivity index (χ1) is 6.37. The van der Waals surface area contributed by atoms with Gasteiger partial charge in [0.25, 0.3) is 0 Å². The minimum absolute atomic E-state index is 0.0819. The Bertz CT molecular complexity index is 332. The minimum atomic E-state index is -0.942. The highest BCUT2D eigenvalue weighted by Gasteiger charge is 2.29. The predicted molar refractivity (Wildman–Crippen MR) is 60.9 cm³/mol. The number of rotatable bonds is 2. The second-order valence-corrected chi connectivity index (χ2v) is 4.69. The number of aliphatic hydroxyl groups is 1. The van der Waals surface area contributed by atoms with Gasteiger partial charge in [-0.3, -0.25) is 0 Å². The van der Waals surface area contributed by atoms with Gasteiger partial charge in [-0.25, -0.2) is 0 Å². The molecule has 0 bridgehead atoms. The molecule has 0 saturated heterocycles. The first-order valence-electron chi connectivity index (χ1n) is 4.54. The van der Waals surface area contributed by atoms with Crippen molar-refractivity contribution in [2.45, 2.75) is 26.4 Å². The molecule has 0 aliphatic carbocycles. The number of hydrogen-bond acceptors (Lipinski definition) is 1. The summed E-state index contributed by atoms with van der Waals surface area (Å²) in [5, 5.41) is 11.1. The third kappa shape index (κ3) is 2.05. The molecule has 0 aromatic heterocycles. The van der Waals surface area contributed by atoms with Gasteiger partial charge in [0.1, 0.15) is 0 Å². The fourth-order valence-electron chi connectivity index (χ4n) is 1.21. The molecule has 0 heterocycles. The third-order valence-corrected chi connectivity index (χ3v) is 3.44. The van der Waals surface area contributed by atoms with Crippen molar-refractivity contribution in [3.8, 4) is 0 Å². The van der Waals surface area contributed by atoms with Crippen LogP contribution in [0.2, 0.25) is 10.0 Å². The maximum Gasteiger partial charge on any atom is 0.0906 e. The minimum Gasteiger partial charge on any atom is -0.385 e. The van der Waals surface area contributed by atoms with Gasteiger partial charge >= 0.3 is 0 Å². The van der Waals surface area contributed by atoms with Crippen molar-refractivity contribution in [1.29, 1.82) is 0 Å². The van der Waals surface area contributed by atoms with Gasteiger partial charge < -0.3 is 5.11 Å². The van der Waals surface area contributed by atoms with Gasteiger partial charge in [-0.05, 0) is 18.9 Å². The summed E-state index contributed by atoms with van der Waals surface area (Å²) < 4.78 is 0. The van der Waals surface area contributed by atoms with Crippen molar-refractivity contribution in [3.63, 3.8) is 0 Å². The molecule has 0 saturated carbocycles. The molecule has 1 aromatic rings. The van der Waals surface area contributed by atoms with Crippen LogP contribution in [0.25, 0.3) is 0 Å². The molecule has 0 aliphatic heterocycles. The second-order valence-electron chi connectivity index (χ2n) is 3.90. The molecule has 1 aromatic carbocycles. The Hall–Kier alpha value is -0.240. The molecule has 3 heteroatoms. The lowest BCUT2D eigenvalue weighted by Crippen LogP contribution is -2.28. The third-order valence-electron chi connectivity index (χ3n) is 2.62. The maximum absolute atomic E-state index is 10.2. The summed E-state index contributed by atoms with van der Waals surface area (Å²) in [5.41, 5.74) is -0.260. The summed E-state index contributed by atoms with van der Waals surface area (Å²) in [6.07, 6.45) is 0. The Morgan fingerprint density at radius 1 is 1.29 bits per heavy atom. The van der Waals surface area contributed by atoms with Crippen LogP contribution in [0.15, 0.2) is 18.2 Å². The van der Waals surface area contributed by atoms with Crippen LogP contribution in [0, 0.1) is 5.92 Å². The Labute approximate surface area is 94.7 Å². The lowest BCUT2D eigenvalue weighted by atomic mass is 9.85. The summed E-state index contributed by atoms with van der Waals surface area (Å²) in [6.45, 7) is 5.63. The van der Waals surface area contributed by atoms with Crippen LogP contribution in [-0.4, -0.2) is 5.11 Å².